The Morgan fingerprint density at radius 2 is 1.65 bits per heavy atom. The van der Waals surface area contributed by atoms with Gasteiger partial charge in [0, 0.05) is 41.7 Å². The molecule has 0 saturated heterocycles. The van der Waals surface area contributed by atoms with Gasteiger partial charge in [-0.3, -0.25) is 9.52 Å². The lowest BCUT2D eigenvalue weighted by atomic mass is 10.1. The molecule has 7 nitrogen and oxygen atoms in total. The topological polar surface area (TPSA) is 93.1 Å². The highest BCUT2D eigenvalue weighted by atomic mass is 32.2. The number of fused-ring (bicyclic) bond motifs is 1. The molecule has 2 N–H and O–H groups in total. The molecular formula is C26H24N4O3S. The van der Waals surface area contributed by atoms with Crippen LogP contribution in [0.2, 0.25) is 0 Å². The van der Waals surface area contributed by atoms with Crippen LogP contribution in [-0.4, -0.2) is 23.9 Å². The number of nitrogens with zero attached hydrogens (tertiary/aromatic N) is 2. The maximum atomic E-state index is 12.8. The third-order valence-corrected chi connectivity index (χ3v) is 7.17. The van der Waals surface area contributed by atoms with Crippen LogP contribution < -0.4 is 10.0 Å². The smallest absolute Gasteiger partial charge is 0.261 e. The van der Waals surface area contributed by atoms with E-state index < -0.39 is 10.0 Å². The molecule has 0 spiro atoms. The van der Waals surface area contributed by atoms with Crippen molar-refractivity contribution < 1.29 is 13.2 Å². The highest BCUT2D eigenvalue weighted by Crippen LogP contribution is 2.25. The van der Waals surface area contributed by atoms with Crippen LogP contribution in [0.5, 0.6) is 0 Å². The molecule has 1 aliphatic rings. The van der Waals surface area contributed by atoms with Gasteiger partial charge < -0.3 is 9.88 Å². The number of sulfonamides is 1. The van der Waals surface area contributed by atoms with Gasteiger partial charge in [0.25, 0.3) is 15.9 Å². The molecule has 0 unspecified atom stereocenters. The number of imidazole rings is 1. The molecule has 3 aromatic carbocycles. The van der Waals surface area contributed by atoms with Crippen molar-refractivity contribution in [3.63, 3.8) is 0 Å². The van der Waals surface area contributed by atoms with E-state index >= 15 is 0 Å². The summed E-state index contributed by atoms with van der Waals surface area (Å²) in [5.74, 6) is 0.786. The SMILES string of the molecule is O=C(Nc1cccc(-c2cn3c(n2)CCCC3)c1)c1ccc(S(=O)(=O)Nc2ccccc2)cc1. The van der Waals surface area contributed by atoms with E-state index in [1.54, 1.807) is 24.3 Å². The van der Waals surface area contributed by atoms with Gasteiger partial charge in [-0.05, 0) is 61.4 Å². The minimum Gasteiger partial charge on any atom is -0.334 e. The average Bonchev–Trinajstić information content (AvgIpc) is 3.29. The standard InChI is InChI=1S/C26H24N4O3S/c31-26(19-12-14-23(15-13-19)34(32,33)29-21-8-2-1-3-9-21)27-22-10-6-7-20(17-22)24-18-30-16-5-4-11-25(30)28-24/h1-3,6-10,12-15,17-18,29H,4-5,11,16H2,(H,27,31). The molecule has 1 amide bonds. The zero-order valence-electron chi connectivity index (χ0n) is 18.4. The number of anilines is 2. The molecule has 34 heavy (non-hydrogen) atoms. The zero-order chi connectivity index (χ0) is 23.5. The summed E-state index contributed by atoms with van der Waals surface area (Å²) in [5, 5.41) is 2.89. The average molecular weight is 473 g/mol. The first-order chi connectivity index (χ1) is 16.5. The van der Waals surface area contributed by atoms with E-state index in [1.807, 2.05) is 30.3 Å². The highest BCUT2D eigenvalue weighted by Gasteiger charge is 2.16. The monoisotopic (exact) mass is 472 g/mol. The van der Waals surface area contributed by atoms with Gasteiger partial charge in [0.15, 0.2) is 0 Å². The van der Waals surface area contributed by atoms with Gasteiger partial charge >= 0.3 is 0 Å². The predicted molar refractivity (Wildman–Crippen MR) is 132 cm³/mol. The summed E-state index contributed by atoms with van der Waals surface area (Å²) in [6.45, 7) is 0.991. The van der Waals surface area contributed by atoms with E-state index in [-0.39, 0.29) is 10.8 Å². The molecule has 172 valence electrons. The van der Waals surface area contributed by atoms with Crippen LogP contribution in [0.25, 0.3) is 11.3 Å². The lowest BCUT2D eigenvalue weighted by Gasteiger charge is -2.11. The molecule has 8 heteroatoms. The Hall–Kier alpha value is -3.91. The summed E-state index contributed by atoms with van der Waals surface area (Å²) in [5.41, 5.74) is 3.32. The van der Waals surface area contributed by atoms with Crippen LogP contribution in [0.15, 0.2) is 90.0 Å². The maximum Gasteiger partial charge on any atom is 0.261 e. The number of carbonyl (C=O) groups is 1. The number of para-hydroxylation sites is 1. The molecule has 4 aromatic rings. The number of carbonyl (C=O) groups excluding carboxylic acids is 1. The van der Waals surface area contributed by atoms with E-state index in [9.17, 15) is 13.2 Å². The van der Waals surface area contributed by atoms with Crippen LogP contribution in [0.3, 0.4) is 0 Å². The minimum atomic E-state index is -3.74. The van der Waals surface area contributed by atoms with Crippen molar-refractivity contribution >= 4 is 27.3 Å². The van der Waals surface area contributed by atoms with Gasteiger partial charge in [-0.25, -0.2) is 13.4 Å². The van der Waals surface area contributed by atoms with Crippen LogP contribution in [0.4, 0.5) is 11.4 Å². The fraction of sp³-hybridized carbons (Fsp3) is 0.154. The van der Waals surface area contributed by atoms with Gasteiger partial charge in [-0.2, -0.15) is 0 Å². The Labute approximate surface area is 198 Å². The maximum absolute atomic E-state index is 12.8. The first-order valence-electron chi connectivity index (χ1n) is 11.1. The second-order valence-electron chi connectivity index (χ2n) is 8.22. The van der Waals surface area contributed by atoms with Crippen molar-refractivity contribution in [1.82, 2.24) is 9.55 Å². The van der Waals surface area contributed by atoms with Crippen molar-refractivity contribution in [1.29, 1.82) is 0 Å². The Balaban J connectivity index is 1.29. The van der Waals surface area contributed by atoms with Crippen molar-refractivity contribution in [2.75, 3.05) is 10.0 Å². The fourth-order valence-electron chi connectivity index (χ4n) is 4.02. The first-order valence-corrected chi connectivity index (χ1v) is 12.6. The Kier molecular flexibility index (Phi) is 5.90. The number of aromatic nitrogens is 2. The summed E-state index contributed by atoms with van der Waals surface area (Å²) < 4.78 is 29.9. The highest BCUT2D eigenvalue weighted by molar-refractivity contribution is 7.92. The van der Waals surface area contributed by atoms with E-state index in [0.717, 1.165) is 36.5 Å². The quantitative estimate of drug-likeness (QED) is 0.416. The molecule has 0 aliphatic carbocycles. The number of nitrogens with one attached hydrogen (secondary N) is 2. The number of hydrogen-bond donors (Lipinski definition) is 2. The van der Waals surface area contributed by atoms with E-state index in [1.165, 1.54) is 30.7 Å². The van der Waals surface area contributed by atoms with E-state index in [2.05, 4.69) is 20.8 Å². The Morgan fingerprint density at radius 3 is 2.41 bits per heavy atom. The second kappa shape index (κ2) is 9.15. The molecule has 0 atom stereocenters. The Bertz CT molecular complexity index is 1410. The van der Waals surface area contributed by atoms with Crippen LogP contribution in [0.1, 0.15) is 29.0 Å². The predicted octanol–water partition coefficient (Wildman–Crippen LogP) is 4.94. The Morgan fingerprint density at radius 1 is 0.882 bits per heavy atom. The minimum absolute atomic E-state index is 0.0821. The lowest BCUT2D eigenvalue weighted by molar-refractivity contribution is 0.102. The molecule has 0 bridgehead atoms. The van der Waals surface area contributed by atoms with Crippen LogP contribution in [-0.2, 0) is 23.0 Å². The number of amides is 1. The summed E-state index contributed by atoms with van der Waals surface area (Å²) in [6.07, 6.45) is 5.39. The van der Waals surface area contributed by atoms with Gasteiger partial charge in [0.2, 0.25) is 0 Å². The van der Waals surface area contributed by atoms with Gasteiger partial charge in [0.05, 0.1) is 10.6 Å². The molecule has 1 aliphatic heterocycles. The van der Waals surface area contributed by atoms with Crippen molar-refractivity contribution in [3.8, 4) is 11.3 Å². The molecule has 0 radical (unpaired) electrons. The van der Waals surface area contributed by atoms with Crippen LogP contribution >= 0.6 is 0 Å². The fourth-order valence-corrected chi connectivity index (χ4v) is 5.08. The summed E-state index contributed by atoms with van der Waals surface area (Å²) in [7, 11) is -3.74. The molecule has 2 heterocycles. The summed E-state index contributed by atoms with van der Waals surface area (Å²) in [6, 6.07) is 22.1. The van der Waals surface area contributed by atoms with Crippen molar-refractivity contribution in [2.24, 2.45) is 0 Å². The lowest BCUT2D eigenvalue weighted by Crippen LogP contribution is -2.14. The zero-order valence-corrected chi connectivity index (χ0v) is 19.3. The van der Waals surface area contributed by atoms with Gasteiger partial charge in [-0.1, -0.05) is 30.3 Å². The third kappa shape index (κ3) is 4.72. The normalized spacial score (nSPS) is 13.2. The van der Waals surface area contributed by atoms with Crippen LogP contribution in [0, 0.1) is 0 Å². The van der Waals surface area contributed by atoms with E-state index in [0.29, 0.717) is 16.9 Å². The number of rotatable bonds is 6. The molecular weight excluding hydrogens is 448 g/mol. The summed E-state index contributed by atoms with van der Waals surface area (Å²) in [4.78, 5) is 17.6. The third-order valence-electron chi connectivity index (χ3n) is 5.78. The molecule has 0 fully saturated rings. The molecule has 5 rings (SSSR count). The number of benzene rings is 3. The second-order valence-corrected chi connectivity index (χ2v) is 9.91. The first kappa shape index (κ1) is 21.9. The van der Waals surface area contributed by atoms with E-state index in [4.69, 9.17) is 4.98 Å². The molecule has 0 saturated carbocycles. The van der Waals surface area contributed by atoms with Gasteiger partial charge in [0.1, 0.15) is 5.82 Å². The number of hydrogen-bond acceptors (Lipinski definition) is 4. The largest absolute Gasteiger partial charge is 0.334 e. The van der Waals surface area contributed by atoms with Crippen molar-refractivity contribution in [2.45, 2.75) is 30.7 Å². The van der Waals surface area contributed by atoms with Crippen molar-refractivity contribution in [3.05, 3.63) is 96.4 Å². The molecule has 1 aromatic heterocycles. The number of aryl methyl sites for hydroxylation is 2. The van der Waals surface area contributed by atoms with Gasteiger partial charge in [-0.15, -0.1) is 0 Å². The summed E-state index contributed by atoms with van der Waals surface area (Å²) >= 11 is 0.